The van der Waals surface area contributed by atoms with Gasteiger partial charge in [-0.25, -0.2) is 0 Å². The Kier molecular flexibility index (Phi) is 5.94. The van der Waals surface area contributed by atoms with Gasteiger partial charge in [0.25, 0.3) is 0 Å². The van der Waals surface area contributed by atoms with Crippen LogP contribution in [0.15, 0.2) is 60.7 Å². The van der Waals surface area contributed by atoms with Crippen LogP contribution in [-0.4, -0.2) is 17.1 Å². The van der Waals surface area contributed by atoms with Crippen molar-refractivity contribution in [3.63, 3.8) is 0 Å². The fourth-order valence-corrected chi connectivity index (χ4v) is 2.86. The summed E-state index contributed by atoms with van der Waals surface area (Å²) in [5.41, 5.74) is 1.79. The maximum atomic E-state index is 12.5. The van der Waals surface area contributed by atoms with Crippen LogP contribution in [0.25, 0.3) is 0 Å². The summed E-state index contributed by atoms with van der Waals surface area (Å²) in [5, 5.41) is 13.9. The van der Waals surface area contributed by atoms with Crippen LogP contribution < -0.4 is 5.32 Å². The monoisotopic (exact) mass is 311 g/mol. The fourth-order valence-electron chi connectivity index (χ4n) is 2.86. The SMILES string of the molecule is CC(C)NC(=O)C(C)C(c1ccccc1)C(O)c1ccccc1. The molecule has 0 aliphatic carbocycles. The van der Waals surface area contributed by atoms with Crippen LogP contribution in [0.2, 0.25) is 0 Å². The molecule has 2 rings (SSSR count). The summed E-state index contributed by atoms with van der Waals surface area (Å²) in [7, 11) is 0. The summed E-state index contributed by atoms with van der Waals surface area (Å²) in [6.07, 6.45) is -0.730. The van der Waals surface area contributed by atoms with Crippen molar-refractivity contribution in [1.82, 2.24) is 5.32 Å². The van der Waals surface area contributed by atoms with Gasteiger partial charge in [0.2, 0.25) is 5.91 Å². The lowest BCUT2D eigenvalue weighted by Crippen LogP contribution is -2.38. The Balaban J connectivity index is 2.34. The van der Waals surface area contributed by atoms with E-state index >= 15 is 0 Å². The van der Waals surface area contributed by atoms with Gasteiger partial charge in [0.05, 0.1) is 6.10 Å². The molecule has 0 aliphatic heterocycles. The van der Waals surface area contributed by atoms with Crippen LogP contribution >= 0.6 is 0 Å². The number of amides is 1. The van der Waals surface area contributed by atoms with Crippen LogP contribution in [-0.2, 0) is 4.79 Å². The van der Waals surface area contributed by atoms with E-state index in [1.54, 1.807) is 0 Å². The third-order valence-electron chi connectivity index (χ3n) is 4.05. The predicted octanol–water partition coefficient (Wildman–Crippen LogP) is 3.66. The van der Waals surface area contributed by atoms with Crippen molar-refractivity contribution < 1.29 is 9.90 Å². The second-order valence-corrected chi connectivity index (χ2v) is 6.24. The number of carbonyl (C=O) groups excluding carboxylic acids is 1. The van der Waals surface area contributed by atoms with Gasteiger partial charge in [-0.1, -0.05) is 67.6 Å². The molecule has 0 bridgehead atoms. The molecule has 0 saturated heterocycles. The minimum atomic E-state index is -0.730. The normalized spacial score (nSPS) is 15.0. The molecule has 0 aliphatic rings. The number of benzene rings is 2. The van der Waals surface area contributed by atoms with E-state index in [-0.39, 0.29) is 23.8 Å². The van der Waals surface area contributed by atoms with Crippen molar-refractivity contribution in [3.05, 3.63) is 71.8 Å². The van der Waals surface area contributed by atoms with E-state index in [9.17, 15) is 9.90 Å². The van der Waals surface area contributed by atoms with Gasteiger partial charge in [-0.05, 0) is 25.0 Å². The molecule has 0 aromatic heterocycles. The molecule has 122 valence electrons. The zero-order valence-corrected chi connectivity index (χ0v) is 13.9. The lowest BCUT2D eigenvalue weighted by atomic mass is 9.79. The number of aliphatic hydroxyl groups is 1. The lowest BCUT2D eigenvalue weighted by Gasteiger charge is -2.29. The molecular weight excluding hydrogens is 286 g/mol. The number of nitrogens with one attached hydrogen (secondary N) is 1. The molecule has 2 aromatic carbocycles. The smallest absolute Gasteiger partial charge is 0.223 e. The topological polar surface area (TPSA) is 49.3 Å². The molecule has 3 heteroatoms. The van der Waals surface area contributed by atoms with E-state index < -0.39 is 6.10 Å². The Hall–Kier alpha value is -2.13. The van der Waals surface area contributed by atoms with Crippen molar-refractivity contribution in [1.29, 1.82) is 0 Å². The highest BCUT2D eigenvalue weighted by atomic mass is 16.3. The third-order valence-corrected chi connectivity index (χ3v) is 4.05. The molecule has 2 aromatic rings. The Bertz CT molecular complexity index is 610. The van der Waals surface area contributed by atoms with Crippen LogP contribution in [0, 0.1) is 5.92 Å². The highest BCUT2D eigenvalue weighted by Crippen LogP contribution is 2.37. The van der Waals surface area contributed by atoms with E-state index in [0.29, 0.717) is 0 Å². The van der Waals surface area contributed by atoms with Crippen molar-refractivity contribution in [3.8, 4) is 0 Å². The first-order valence-electron chi connectivity index (χ1n) is 8.09. The molecule has 2 N–H and O–H groups in total. The molecule has 23 heavy (non-hydrogen) atoms. The standard InChI is InChI=1S/C20H25NO2/c1-14(2)21-20(23)15(3)18(16-10-6-4-7-11-16)19(22)17-12-8-5-9-13-17/h4-15,18-19,22H,1-3H3,(H,21,23). The van der Waals surface area contributed by atoms with Gasteiger partial charge in [-0.3, -0.25) is 4.79 Å². The Morgan fingerprint density at radius 2 is 1.35 bits per heavy atom. The fraction of sp³-hybridized carbons (Fsp3) is 0.350. The quantitative estimate of drug-likeness (QED) is 0.855. The van der Waals surface area contributed by atoms with Crippen LogP contribution in [0.5, 0.6) is 0 Å². The average molecular weight is 311 g/mol. The number of carbonyl (C=O) groups is 1. The number of hydrogen-bond acceptors (Lipinski definition) is 2. The summed E-state index contributed by atoms with van der Waals surface area (Å²) in [6.45, 7) is 5.76. The first-order chi connectivity index (χ1) is 11.0. The van der Waals surface area contributed by atoms with Gasteiger partial charge < -0.3 is 10.4 Å². The molecule has 0 radical (unpaired) electrons. The Morgan fingerprint density at radius 3 is 1.83 bits per heavy atom. The molecule has 0 saturated carbocycles. The van der Waals surface area contributed by atoms with E-state index in [1.807, 2.05) is 81.4 Å². The minimum Gasteiger partial charge on any atom is -0.388 e. The highest BCUT2D eigenvalue weighted by molar-refractivity contribution is 5.79. The van der Waals surface area contributed by atoms with Gasteiger partial charge in [0.15, 0.2) is 0 Å². The summed E-state index contributed by atoms with van der Waals surface area (Å²) in [4.78, 5) is 12.5. The van der Waals surface area contributed by atoms with Gasteiger partial charge in [-0.2, -0.15) is 0 Å². The highest BCUT2D eigenvalue weighted by Gasteiger charge is 2.32. The van der Waals surface area contributed by atoms with E-state index in [2.05, 4.69) is 5.32 Å². The Labute approximate surface area is 138 Å². The average Bonchev–Trinajstić information content (AvgIpc) is 2.56. The second-order valence-electron chi connectivity index (χ2n) is 6.24. The Morgan fingerprint density at radius 1 is 0.870 bits per heavy atom. The molecule has 3 unspecified atom stereocenters. The molecule has 0 heterocycles. The third kappa shape index (κ3) is 4.42. The number of aliphatic hydroxyl groups excluding tert-OH is 1. The van der Waals surface area contributed by atoms with Crippen molar-refractivity contribution in [2.75, 3.05) is 0 Å². The zero-order chi connectivity index (χ0) is 16.8. The molecule has 1 amide bonds. The predicted molar refractivity (Wildman–Crippen MR) is 93.0 cm³/mol. The molecule has 3 nitrogen and oxygen atoms in total. The van der Waals surface area contributed by atoms with Gasteiger partial charge in [-0.15, -0.1) is 0 Å². The minimum absolute atomic E-state index is 0.0381. The van der Waals surface area contributed by atoms with Crippen molar-refractivity contribution in [2.45, 2.75) is 38.8 Å². The lowest BCUT2D eigenvalue weighted by molar-refractivity contribution is -0.126. The van der Waals surface area contributed by atoms with Crippen molar-refractivity contribution in [2.24, 2.45) is 5.92 Å². The van der Waals surface area contributed by atoms with E-state index in [4.69, 9.17) is 0 Å². The van der Waals surface area contributed by atoms with E-state index in [0.717, 1.165) is 11.1 Å². The first-order valence-corrected chi connectivity index (χ1v) is 8.09. The van der Waals surface area contributed by atoms with Gasteiger partial charge in [0, 0.05) is 17.9 Å². The summed E-state index contributed by atoms with van der Waals surface area (Å²) in [5.74, 6) is -0.670. The molecule has 0 fully saturated rings. The summed E-state index contributed by atoms with van der Waals surface area (Å²) in [6, 6.07) is 19.3. The molecule has 0 spiro atoms. The maximum absolute atomic E-state index is 12.5. The maximum Gasteiger partial charge on any atom is 0.223 e. The molecule has 3 atom stereocenters. The van der Waals surface area contributed by atoms with Gasteiger partial charge >= 0.3 is 0 Å². The van der Waals surface area contributed by atoms with Crippen LogP contribution in [0.1, 0.15) is 43.9 Å². The number of rotatable bonds is 6. The molecular formula is C20H25NO2. The second kappa shape index (κ2) is 7.93. The van der Waals surface area contributed by atoms with E-state index in [1.165, 1.54) is 0 Å². The first kappa shape index (κ1) is 17.2. The largest absolute Gasteiger partial charge is 0.388 e. The summed E-state index contributed by atoms with van der Waals surface area (Å²) >= 11 is 0. The number of hydrogen-bond donors (Lipinski definition) is 2. The van der Waals surface area contributed by atoms with Gasteiger partial charge in [0.1, 0.15) is 0 Å². The van der Waals surface area contributed by atoms with Crippen LogP contribution in [0.4, 0.5) is 0 Å². The van der Waals surface area contributed by atoms with Crippen LogP contribution in [0.3, 0.4) is 0 Å². The van der Waals surface area contributed by atoms with Crippen molar-refractivity contribution >= 4 is 5.91 Å². The summed E-state index contributed by atoms with van der Waals surface area (Å²) < 4.78 is 0. The zero-order valence-electron chi connectivity index (χ0n) is 13.9.